The maximum Gasteiger partial charge on any atom is 0.267 e. The van der Waals surface area contributed by atoms with Gasteiger partial charge >= 0.3 is 0 Å². The number of nitrogens with zero attached hydrogens (tertiary/aromatic N) is 2. The number of aromatic nitrogens is 2. The van der Waals surface area contributed by atoms with Crippen molar-refractivity contribution in [1.82, 2.24) is 9.55 Å². The van der Waals surface area contributed by atoms with Crippen molar-refractivity contribution in [3.8, 4) is 11.4 Å². The van der Waals surface area contributed by atoms with Gasteiger partial charge in [-0.15, -0.1) is 11.3 Å². The van der Waals surface area contributed by atoms with E-state index in [1.165, 1.54) is 16.6 Å². The van der Waals surface area contributed by atoms with Gasteiger partial charge in [-0.3, -0.25) is 9.36 Å². The highest BCUT2D eigenvalue weighted by Crippen LogP contribution is 2.31. The topological polar surface area (TPSA) is 44.1 Å². The zero-order chi connectivity index (χ0) is 21.8. The molecule has 2 aromatic carbocycles. The van der Waals surface area contributed by atoms with Gasteiger partial charge in [-0.05, 0) is 43.2 Å². The van der Waals surface area contributed by atoms with Crippen LogP contribution < -0.4 is 10.3 Å². The first-order chi connectivity index (χ1) is 15.1. The second-order valence-electron chi connectivity index (χ2n) is 7.08. The van der Waals surface area contributed by atoms with Crippen LogP contribution >= 0.6 is 34.7 Å². The van der Waals surface area contributed by atoms with Crippen LogP contribution in [0.15, 0.2) is 64.5 Å². The van der Waals surface area contributed by atoms with E-state index in [0.29, 0.717) is 28.3 Å². The van der Waals surface area contributed by atoms with Crippen LogP contribution in [0.2, 0.25) is 5.02 Å². The van der Waals surface area contributed by atoms with E-state index in [2.05, 4.69) is 6.92 Å². The van der Waals surface area contributed by atoms with Gasteiger partial charge in [0.15, 0.2) is 5.16 Å². The second kappa shape index (κ2) is 9.90. The minimum Gasteiger partial charge on any atom is -0.491 e. The lowest BCUT2D eigenvalue weighted by atomic mass is 10.1. The number of rotatable bonds is 8. The molecule has 0 bridgehead atoms. The smallest absolute Gasteiger partial charge is 0.267 e. The van der Waals surface area contributed by atoms with Gasteiger partial charge in [0.2, 0.25) is 0 Å². The first-order valence-corrected chi connectivity index (χ1v) is 12.4. The molecular formula is C24H23ClN2O2S2. The van der Waals surface area contributed by atoms with Crippen LogP contribution in [0.5, 0.6) is 5.75 Å². The molecule has 31 heavy (non-hydrogen) atoms. The largest absolute Gasteiger partial charge is 0.491 e. The monoisotopic (exact) mass is 470 g/mol. The van der Waals surface area contributed by atoms with Crippen molar-refractivity contribution < 1.29 is 4.74 Å². The number of hydrogen-bond donors (Lipinski definition) is 0. The van der Waals surface area contributed by atoms with Crippen LogP contribution in [0.4, 0.5) is 0 Å². The Balaban J connectivity index is 1.67. The van der Waals surface area contributed by atoms with Crippen molar-refractivity contribution >= 4 is 44.9 Å². The summed E-state index contributed by atoms with van der Waals surface area (Å²) in [7, 11) is 0. The Morgan fingerprint density at radius 3 is 2.61 bits per heavy atom. The van der Waals surface area contributed by atoms with Gasteiger partial charge in [0.1, 0.15) is 10.6 Å². The van der Waals surface area contributed by atoms with Crippen LogP contribution in [-0.4, -0.2) is 21.9 Å². The Hall–Kier alpha value is -2.28. The van der Waals surface area contributed by atoms with E-state index < -0.39 is 0 Å². The van der Waals surface area contributed by atoms with Crippen LogP contribution in [0.1, 0.15) is 23.8 Å². The van der Waals surface area contributed by atoms with Crippen LogP contribution in [0.25, 0.3) is 15.9 Å². The average molecular weight is 471 g/mol. The molecule has 2 aromatic heterocycles. The van der Waals surface area contributed by atoms with Gasteiger partial charge in [0, 0.05) is 10.6 Å². The molecule has 0 fully saturated rings. The Morgan fingerprint density at radius 2 is 1.87 bits per heavy atom. The zero-order valence-corrected chi connectivity index (χ0v) is 19.8. The summed E-state index contributed by atoms with van der Waals surface area (Å²) in [4.78, 5) is 20.5. The third-order valence-electron chi connectivity index (χ3n) is 4.93. The Labute approximate surface area is 194 Å². The van der Waals surface area contributed by atoms with Gasteiger partial charge < -0.3 is 4.74 Å². The highest BCUT2D eigenvalue weighted by Gasteiger charge is 2.19. The minimum atomic E-state index is -0.0122. The lowest BCUT2D eigenvalue weighted by molar-refractivity contribution is 0.344. The molecule has 0 saturated heterocycles. The SMILES string of the molecule is CCCc1sc2nc(SCCOc3ccccc3Cl)n(-c3ccccc3)c(=O)c2c1C. The van der Waals surface area contributed by atoms with Crippen molar-refractivity contribution in [2.24, 2.45) is 0 Å². The van der Waals surface area contributed by atoms with Crippen molar-refractivity contribution in [3.05, 3.63) is 80.4 Å². The van der Waals surface area contributed by atoms with E-state index in [1.807, 2.05) is 55.5 Å². The maximum atomic E-state index is 13.6. The number of halogens is 1. The Morgan fingerprint density at radius 1 is 1.13 bits per heavy atom. The van der Waals surface area contributed by atoms with Crippen LogP contribution in [0, 0.1) is 6.92 Å². The molecule has 0 saturated carbocycles. The maximum absolute atomic E-state index is 13.6. The number of para-hydroxylation sites is 2. The summed E-state index contributed by atoms with van der Waals surface area (Å²) in [5.41, 5.74) is 1.86. The molecule has 0 aliphatic carbocycles. The fraction of sp³-hybridized carbons (Fsp3) is 0.250. The molecule has 0 spiro atoms. The van der Waals surface area contributed by atoms with Gasteiger partial charge in [0.25, 0.3) is 5.56 Å². The van der Waals surface area contributed by atoms with Crippen molar-refractivity contribution in [2.75, 3.05) is 12.4 Å². The summed E-state index contributed by atoms with van der Waals surface area (Å²) in [6, 6.07) is 17.1. The van der Waals surface area contributed by atoms with E-state index in [0.717, 1.165) is 34.3 Å². The fourth-order valence-corrected chi connectivity index (χ4v) is 5.76. The van der Waals surface area contributed by atoms with Crippen molar-refractivity contribution in [3.63, 3.8) is 0 Å². The van der Waals surface area contributed by atoms with Gasteiger partial charge in [-0.1, -0.05) is 67.0 Å². The van der Waals surface area contributed by atoms with Gasteiger partial charge in [0.05, 0.1) is 22.7 Å². The Kier molecular flexibility index (Phi) is 7.00. The first kappa shape index (κ1) is 21.9. The molecule has 160 valence electrons. The van der Waals surface area contributed by atoms with Crippen molar-refractivity contribution in [1.29, 1.82) is 0 Å². The molecule has 4 nitrogen and oxygen atoms in total. The lowest BCUT2D eigenvalue weighted by Gasteiger charge is -2.13. The van der Waals surface area contributed by atoms with Crippen LogP contribution in [0.3, 0.4) is 0 Å². The number of aryl methyl sites for hydroxylation is 2. The summed E-state index contributed by atoms with van der Waals surface area (Å²) in [5, 5.41) is 2.00. The van der Waals surface area contributed by atoms with E-state index >= 15 is 0 Å². The molecule has 0 atom stereocenters. The Bertz CT molecular complexity index is 1250. The predicted molar refractivity (Wildman–Crippen MR) is 132 cm³/mol. The van der Waals surface area contributed by atoms with E-state index in [-0.39, 0.29) is 5.56 Å². The van der Waals surface area contributed by atoms with Crippen molar-refractivity contribution in [2.45, 2.75) is 31.8 Å². The number of thioether (sulfide) groups is 1. The highest BCUT2D eigenvalue weighted by atomic mass is 35.5. The van der Waals surface area contributed by atoms with Crippen LogP contribution in [-0.2, 0) is 6.42 Å². The normalized spacial score (nSPS) is 11.2. The van der Waals surface area contributed by atoms with E-state index in [9.17, 15) is 4.79 Å². The first-order valence-electron chi connectivity index (χ1n) is 10.2. The lowest BCUT2D eigenvalue weighted by Crippen LogP contribution is -2.22. The number of hydrogen-bond acceptors (Lipinski definition) is 5. The number of thiophene rings is 1. The number of fused-ring (bicyclic) bond motifs is 1. The molecule has 2 heterocycles. The summed E-state index contributed by atoms with van der Waals surface area (Å²) in [5.74, 6) is 1.30. The third kappa shape index (κ3) is 4.66. The minimum absolute atomic E-state index is 0.0122. The molecule has 7 heteroatoms. The zero-order valence-electron chi connectivity index (χ0n) is 17.4. The second-order valence-corrected chi connectivity index (χ2v) is 9.63. The average Bonchev–Trinajstić information content (AvgIpc) is 3.09. The molecule has 4 aromatic rings. The van der Waals surface area contributed by atoms with E-state index in [1.54, 1.807) is 22.0 Å². The number of benzene rings is 2. The standard InChI is InChI=1S/C24H23ClN2O2S2/c1-3-9-20-16(2)21-22(31-20)26-24(27(23(21)28)17-10-5-4-6-11-17)30-15-14-29-19-13-8-7-12-18(19)25/h4-8,10-13H,3,9,14-15H2,1-2H3. The molecule has 4 rings (SSSR count). The summed E-state index contributed by atoms with van der Waals surface area (Å²) < 4.78 is 7.53. The summed E-state index contributed by atoms with van der Waals surface area (Å²) in [6.07, 6.45) is 2.01. The van der Waals surface area contributed by atoms with Gasteiger partial charge in [-0.2, -0.15) is 0 Å². The molecule has 0 unspecified atom stereocenters. The molecular weight excluding hydrogens is 448 g/mol. The molecule has 0 aliphatic rings. The van der Waals surface area contributed by atoms with E-state index in [4.69, 9.17) is 21.3 Å². The molecule has 0 radical (unpaired) electrons. The summed E-state index contributed by atoms with van der Waals surface area (Å²) in [6.45, 7) is 4.65. The third-order valence-corrected chi connectivity index (χ3v) is 7.39. The molecule has 0 amide bonds. The highest BCUT2D eigenvalue weighted by molar-refractivity contribution is 7.99. The van der Waals surface area contributed by atoms with Gasteiger partial charge in [-0.25, -0.2) is 4.98 Å². The quantitative estimate of drug-likeness (QED) is 0.167. The molecule has 0 N–H and O–H groups in total. The fourth-order valence-electron chi connectivity index (χ4n) is 3.42. The predicted octanol–water partition coefficient (Wildman–Crippen LogP) is 6.53. The summed E-state index contributed by atoms with van der Waals surface area (Å²) >= 11 is 9.31. The number of ether oxygens (including phenoxy) is 1. The molecule has 0 aliphatic heterocycles.